The lowest BCUT2D eigenvalue weighted by atomic mass is 9.90. The van der Waals surface area contributed by atoms with Gasteiger partial charge in [0, 0.05) is 18.8 Å². The first-order valence-corrected chi connectivity index (χ1v) is 6.42. The maximum atomic E-state index is 12.1. The molecule has 94 valence electrons. The Labute approximate surface area is 101 Å². The largest absolute Gasteiger partial charge is 0.409 e. The van der Waals surface area contributed by atoms with Gasteiger partial charge in [-0.15, -0.1) is 0 Å². The topological polar surface area (TPSA) is 78.9 Å². The summed E-state index contributed by atoms with van der Waals surface area (Å²) in [5.74, 6) is 0.638. The second kappa shape index (κ2) is 5.98. The van der Waals surface area contributed by atoms with Crippen molar-refractivity contribution in [1.82, 2.24) is 4.90 Å². The van der Waals surface area contributed by atoms with Gasteiger partial charge in [-0.25, -0.2) is 0 Å². The third-order valence-corrected chi connectivity index (χ3v) is 3.49. The van der Waals surface area contributed by atoms with Crippen LogP contribution < -0.4 is 5.73 Å². The van der Waals surface area contributed by atoms with E-state index in [4.69, 9.17) is 10.9 Å². The van der Waals surface area contributed by atoms with E-state index in [1.54, 1.807) is 37.6 Å². The molecule has 5 nitrogen and oxygen atoms in total. The second-order valence-electron chi connectivity index (χ2n) is 4.33. The highest BCUT2D eigenvalue weighted by atomic mass is 32.2. The van der Waals surface area contributed by atoms with E-state index in [1.165, 1.54) is 0 Å². The van der Waals surface area contributed by atoms with Crippen LogP contribution in [0.4, 0.5) is 0 Å². The average Bonchev–Trinajstić information content (AvgIpc) is 2.25. The summed E-state index contributed by atoms with van der Waals surface area (Å²) in [4.78, 5) is 13.8. The molecule has 0 aliphatic carbocycles. The zero-order valence-corrected chi connectivity index (χ0v) is 11.3. The Morgan fingerprint density at radius 3 is 2.50 bits per heavy atom. The van der Waals surface area contributed by atoms with E-state index in [2.05, 4.69) is 5.16 Å². The lowest BCUT2D eigenvalue weighted by Crippen LogP contribution is -2.49. The number of nitrogens with zero attached hydrogens (tertiary/aromatic N) is 2. The van der Waals surface area contributed by atoms with Gasteiger partial charge >= 0.3 is 0 Å². The monoisotopic (exact) mass is 247 g/mol. The van der Waals surface area contributed by atoms with Gasteiger partial charge in [0.1, 0.15) is 5.41 Å². The van der Waals surface area contributed by atoms with Gasteiger partial charge in [0.2, 0.25) is 5.91 Å². The van der Waals surface area contributed by atoms with Gasteiger partial charge in [-0.2, -0.15) is 11.8 Å². The SMILES string of the molecule is CSCC(C)N(C)C(=O)C(C)(C)C(N)=NO. The zero-order chi connectivity index (χ0) is 12.9. The van der Waals surface area contributed by atoms with Crippen molar-refractivity contribution >= 4 is 23.5 Å². The molecule has 3 N–H and O–H groups in total. The zero-order valence-electron chi connectivity index (χ0n) is 10.5. The van der Waals surface area contributed by atoms with Crippen LogP contribution in [0.5, 0.6) is 0 Å². The number of oxime groups is 1. The van der Waals surface area contributed by atoms with E-state index in [9.17, 15) is 4.79 Å². The van der Waals surface area contributed by atoms with Gasteiger partial charge in [0.05, 0.1) is 0 Å². The molecule has 1 unspecified atom stereocenters. The third-order valence-electron chi connectivity index (χ3n) is 2.67. The van der Waals surface area contributed by atoms with Crippen molar-refractivity contribution in [2.75, 3.05) is 19.1 Å². The van der Waals surface area contributed by atoms with Crippen LogP contribution in [0.1, 0.15) is 20.8 Å². The number of carbonyl (C=O) groups excluding carboxylic acids is 1. The fourth-order valence-corrected chi connectivity index (χ4v) is 1.93. The van der Waals surface area contributed by atoms with Crippen LogP contribution in [0.3, 0.4) is 0 Å². The molecular weight excluding hydrogens is 226 g/mol. The molecule has 0 rings (SSSR count). The van der Waals surface area contributed by atoms with Crippen molar-refractivity contribution in [3.63, 3.8) is 0 Å². The number of carbonyl (C=O) groups is 1. The highest BCUT2D eigenvalue weighted by molar-refractivity contribution is 7.98. The van der Waals surface area contributed by atoms with Crippen molar-refractivity contribution in [2.45, 2.75) is 26.8 Å². The summed E-state index contributed by atoms with van der Waals surface area (Å²) in [5.41, 5.74) is 4.53. The molecule has 6 heteroatoms. The first kappa shape index (κ1) is 15.1. The Kier molecular flexibility index (Phi) is 5.64. The molecule has 0 aromatic heterocycles. The van der Waals surface area contributed by atoms with Crippen LogP contribution >= 0.6 is 11.8 Å². The number of amidine groups is 1. The Balaban J connectivity index is 4.79. The van der Waals surface area contributed by atoms with Crippen LogP contribution in [0.25, 0.3) is 0 Å². The van der Waals surface area contributed by atoms with Crippen molar-refractivity contribution in [2.24, 2.45) is 16.3 Å². The van der Waals surface area contributed by atoms with E-state index in [0.29, 0.717) is 0 Å². The summed E-state index contributed by atoms with van der Waals surface area (Å²) in [6.07, 6.45) is 1.99. The van der Waals surface area contributed by atoms with Crippen molar-refractivity contribution in [3.05, 3.63) is 0 Å². The number of amides is 1. The van der Waals surface area contributed by atoms with Crippen LogP contribution in [-0.4, -0.2) is 46.9 Å². The van der Waals surface area contributed by atoms with Gasteiger partial charge < -0.3 is 15.8 Å². The minimum atomic E-state index is -0.976. The number of thioether (sulfide) groups is 1. The minimum absolute atomic E-state index is 0.0688. The summed E-state index contributed by atoms with van der Waals surface area (Å²) in [5, 5.41) is 11.5. The molecule has 0 heterocycles. The van der Waals surface area contributed by atoms with Gasteiger partial charge in [-0.1, -0.05) is 5.16 Å². The van der Waals surface area contributed by atoms with E-state index < -0.39 is 5.41 Å². The molecule has 0 aromatic carbocycles. The highest BCUT2D eigenvalue weighted by Crippen LogP contribution is 2.20. The van der Waals surface area contributed by atoms with Crippen molar-refractivity contribution in [3.8, 4) is 0 Å². The Hall–Kier alpha value is -0.910. The average molecular weight is 247 g/mol. The van der Waals surface area contributed by atoms with E-state index in [1.807, 2.05) is 13.2 Å². The first-order valence-electron chi connectivity index (χ1n) is 5.03. The molecule has 1 atom stereocenters. The molecule has 16 heavy (non-hydrogen) atoms. The van der Waals surface area contributed by atoms with Crippen LogP contribution in [0, 0.1) is 5.41 Å². The molecule has 0 bridgehead atoms. The van der Waals surface area contributed by atoms with E-state index in [0.717, 1.165) is 5.75 Å². The predicted octanol–water partition coefficient (Wildman–Crippen LogP) is 0.969. The highest BCUT2D eigenvalue weighted by Gasteiger charge is 2.36. The molecule has 0 saturated carbocycles. The predicted molar refractivity (Wildman–Crippen MR) is 67.8 cm³/mol. The maximum absolute atomic E-state index is 12.1. The molecule has 1 amide bonds. The molecule has 0 spiro atoms. The van der Waals surface area contributed by atoms with Gasteiger partial charge in [0.25, 0.3) is 0 Å². The minimum Gasteiger partial charge on any atom is -0.409 e. The molecule has 0 aliphatic rings. The molecular formula is C10H21N3O2S. The fraction of sp³-hybridized carbons (Fsp3) is 0.800. The van der Waals surface area contributed by atoms with Gasteiger partial charge in [-0.05, 0) is 27.0 Å². The molecule has 0 aliphatic heterocycles. The van der Waals surface area contributed by atoms with E-state index in [-0.39, 0.29) is 17.8 Å². The number of hydrogen-bond acceptors (Lipinski definition) is 4. The van der Waals surface area contributed by atoms with Crippen molar-refractivity contribution < 1.29 is 10.0 Å². The lowest BCUT2D eigenvalue weighted by molar-refractivity contribution is -0.137. The molecule has 0 saturated heterocycles. The van der Waals surface area contributed by atoms with Crippen LogP contribution in [-0.2, 0) is 4.79 Å². The fourth-order valence-electron chi connectivity index (χ4n) is 1.23. The second-order valence-corrected chi connectivity index (χ2v) is 5.24. The normalized spacial score (nSPS) is 14.7. The Morgan fingerprint density at radius 2 is 2.12 bits per heavy atom. The van der Waals surface area contributed by atoms with Crippen LogP contribution in [0.2, 0.25) is 0 Å². The summed E-state index contributed by atoms with van der Waals surface area (Å²) < 4.78 is 0. The third kappa shape index (κ3) is 3.30. The maximum Gasteiger partial charge on any atom is 0.235 e. The Morgan fingerprint density at radius 1 is 1.62 bits per heavy atom. The van der Waals surface area contributed by atoms with Crippen LogP contribution in [0.15, 0.2) is 5.16 Å². The summed E-state index contributed by atoms with van der Waals surface area (Å²) in [6, 6.07) is 0.119. The van der Waals surface area contributed by atoms with E-state index >= 15 is 0 Å². The van der Waals surface area contributed by atoms with Gasteiger partial charge in [0.15, 0.2) is 5.84 Å². The number of nitrogens with two attached hydrogens (primary N) is 1. The standard InChI is InChI=1S/C10H21N3O2S/c1-7(6-16-5)13(4)9(14)10(2,3)8(11)12-15/h7,15H,6H2,1-5H3,(H2,11,12). The lowest BCUT2D eigenvalue weighted by Gasteiger charge is -2.32. The summed E-state index contributed by atoms with van der Waals surface area (Å²) in [6.45, 7) is 5.26. The molecule has 0 radical (unpaired) electrons. The Bertz CT molecular complexity index is 279. The molecule has 0 aromatic rings. The quantitative estimate of drug-likeness (QED) is 0.328. The number of rotatable bonds is 5. The number of hydrogen-bond donors (Lipinski definition) is 2. The van der Waals surface area contributed by atoms with Crippen molar-refractivity contribution in [1.29, 1.82) is 0 Å². The smallest absolute Gasteiger partial charge is 0.235 e. The molecule has 0 fully saturated rings. The summed E-state index contributed by atoms with van der Waals surface area (Å²) >= 11 is 1.68. The van der Waals surface area contributed by atoms with Gasteiger partial charge in [-0.3, -0.25) is 4.79 Å². The summed E-state index contributed by atoms with van der Waals surface area (Å²) in [7, 11) is 1.73. The first-order chi connectivity index (χ1) is 7.28.